The quantitative estimate of drug-likeness (QED) is 0.847. The Balaban J connectivity index is 1.45. The van der Waals surface area contributed by atoms with Gasteiger partial charge >= 0.3 is 0 Å². The molecule has 2 fully saturated rings. The molecule has 0 bridgehead atoms. The second-order valence-electron chi connectivity index (χ2n) is 7.21. The molecule has 2 aliphatic rings. The summed E-state index contributed by atoms with van der Waals surface area (Å²) in [4.78, 5) is 17.6. The largest absolute Gasteiger partial charge is 0.472 e. The lowest BCUT2D eigenvalue weighted by atomic mass is 10.1. The van der Waals surface area contributed by atoms with E-state index in [-0.39, 0.29) is 5.91 Å². The summed E-state index contributed by atoms with van der Waals surface area (Å²) < 4.78 is 5.16. The van der Waals surface area contributed by atoms with Gasteiger partial charge in [-0.1, -0.05) is 25.0 Å². The van der Waals surface area contributed by atoms with Gasteiger partial charge < -0.3 is 9.32 Å². The van der Waals surface area contributed by atoms with Crippen LogP contribution in [0.15, 0.2) is 47.3 Å². The highest BCUT2D eigenvalue weighted by atomic mass is 16.3. The summed E-state index contributed by atoms with van der Waals surface area (Å²) in [5, 5.41) is 0. The molecular formula is C21H26N2O2. The monoisotopic (exact) mass is 338 g/mol. The first kappa shape index (κ1) is 16.4. The zero-order valence-corrected chi connectivity index (χ0v) is 14.7. The third kappa shape index (κ3) is 3.64. The SMILES string of the molecule is O=C(c1cccc(-c2ccoc2)c1)N1CCCN(C2CCCC2)CC1. The van der Waals surface area contributed by atoms with Crippen LogP contribution in [0, 0.1) is 0 Å². The second kappa shape index (κ2) is 7.44. The molecule has 1 amide bonds. The van der Waals surface area contributed by atoms with Crippen molar-refractivity contribution in [3.63, 3.8) is 0 Å². The van der Waals surface area contributed by atoms with Crippen LogP contribution in [0.25, 0.3) is 11.1 Å². The van der Waals surface area contributed by atoms with Crippen LogP contribution >= 0.6 is 0 Å². The Hall–Kier alpha value is -2.07. The number of hydrogen-bond acceptors (Lipinski definition) is 3. The Morgan fingerprint density at radius 2 is 1.84 bits per heavy atom. The summed E-state index contributed by atoms with van der Waals surface area (Å²) >= 11 is 0. The summed E-state index contributed by atoms with van der Waals surface area (Å²) in [6, 6.07) is 10.6. The minimum atomic E-state index is 0.151. The molecule has 1 aliphatic heterocycles. The molecule has 25 heavy (non-hydrogen) atoms. The molecule has 1 saturated carbocycles. The second-order valence-corrected chi connectivity index (χ2v) is 7.21. The number of hydrogen-bond donors (Lipinski definition) is 0. The maximum Gasteiger partial charge on any atom is 0.253 e. The number of amides is 1. The molecule has 0 atom stereocenters. The molecule has 4 nitrogen and oxygen atoms in total. The first-order chi connectivity index (χ1) is 12.3. The van der Waals surface area contributed by atoms with Crippen LogP contribution < -0.4 is 0 Å². The van der Waals surface area contributed by atoms with Gasteiger partial charge in [0.15, 0.2) is 0 Å². The average molecular weight is 338 g/mol. The molecule has 1 aromatic carbocycles. The van der Waals surface area contributed by atoms with Crippen LogP contribution in [0.3, 0.4) is 0 Å². The lowest BCUT2D eigenvalue weighted by molar-refractivity contribution is 0.0758. The van der Waals surface area contributed by atoms with E-state index in [2.05, 4.69) is 4.90 Å². The molecule has 0 radical (unpaired) electrons. The number of rotatable bonds is 3. The standard InChI is InChI=1S/C21H26N2O2/c24-21(18-6-3-5-17(15-18)19-9-14-25-16-19)23-11-4-10-22(12-13-23)20-7-1-2-8-20/h3,5-6,9,14-16,20H,1-2,4,7-8,10-13H2. The number of nitrogens with zero attached hydrogens (tertiary/aromatic N) is 2. The molecule has 4 heteroatoms. The minimum absolute atomic E-state index is 0.151. The van der Waals surface area contributed by atoms with E-state index in [1.165, 1.54) is 25.7 Å². The van der Waals surface area contributed by atoms with Gasteiger partial charge in [-0.05, 0) is 43.0 Å². The van der Waals surface area contributed by atoms with Gasteiger partial charge in [0.2, 0.25) is 0 Å². The van der Waals surface area contributed by atoms with E-state index in [0.29, 0.717) is 0 Å². The highest BCUT2D eigenvalue weighted by Crippen LogP contribution is 2.25. The molecule has 132 valence electrons. The van der Waals surface area contributed by atoms with Crippen LogP contribution in [0.1, 0.15) is 42.5 Å². The number of furan rings is 1. The van der Waals surface area contributed by atoms with Gasteiger partial charge in [0, 0.05) is 43.3 Å². The van der Waals surface area contributed by atoms with Crippen molar-refractivity contribution in [3.8, 4) is 11.1 Å². The van der Waals surface area contributed by atoms with Gasteiger partial charge in [0.05, 0.1) is 12.5 Å². The molecule has 2 heterocycles. The van der Waals surface area contributed by atoms with Crippen molar-refractivity contribution < 1.29 is 9.21 Å². The molecule has 0 N–H and O–H groups in total. The lowest BCUT2D eigenvalue weighted by Crippen LogP contribution is -2.38. The Bertz CT molecular complexity index is 704. The molecule has 1 aliphatic carbocycles. The zero-order chi connectivity index (χ0) is 17.1. The Morgan fingerprint density at radius 3 is 2.64 bits per heavy atom. The fourth-order valence-electron chi connectivity index (χ4n) is 4.22. The minimum Gasteiger partial charge on any atom is -0.472 e. The predicted octanol–water partition coefficient (Wildman–Crippen LogP) is 4.04. The number of benzene rings is 1. The van der Waals surface area contributed by atoms with Gasteiger partial charge in [-0.3, -0.25) is 9.69 Å². The predicted molar refractivity (Wildman–Crippen MR) is 98.5 cm³/mol. The van der Waals surface area contributed by atoms with Crippen molar-refractivity contribution in [2.24, 2.45) is 0 Å². The van der Waals surface area contributed by atoms with E-state index in [9.17, 15) is 4.79 Å². The third-order valence-electron chi connectivity index (χ3n) is 5.62. The maximum absolute atomic E-state index is 13.0. The van der Waals surface area contributed by atoms with Crippen molar-refractivity contribution in [2.45, 2.75) is 38.1 Å². The highest BCUT2D eigenvalue weighted by molar-refractivity contribution is 5.95. The van der Waals surface area contributed by atoms with Gasteiger partial charge in [-0.2, -0.15) is 0 Å². The topological polar surface area (TPSA) is 36.7 Å². The first-order valence-corrected chi connectivity index (χ1v) is 9.47. The first-order valence-electron chi connectivity index (χ1n) is 9.47. The average Bonchev–Trinajstić information content (AvgIpc) is 3.32. The van der Waals surface area contributed by atoms with Crippen LogP contribution in [-0.4, -0.2) is 47.9 Å². The van der Waals surface area contributed by atoms with Crippen LogP contribution in [-0.2, 0) is 0 Å². The van der Waals surface area contributed by atoms with Crippen molar-refractivity contribution in [1.29, 1.82) is 0 Å². The fraction of sp³-hybridized carbons (Fsp3) is 0.476. The van der Waals surface area contributed by atoms with Gasteiger partial charge in [0.1, 0.15) is 0 Å². The molecule has 1 aromatic heterocycles. The summed E-state index contributed by atoms with van der Waals surface area (Å²) in [6.45, 7) is 3.84. The third-order valence-corrected chi connectivity index (χ3v) is 5.62. The van der Waals surface area contributed by atoms with Crippen LogP contribution in [0.4, 0.5) is 0 Å². The van der Waals surface area contributed by atoms with Crippen molar-refractivity contribution >= 4 is 5.91 Å². The maximum atomic E-state index is 13.0. The van der Waals surface area contributed by atoms with Crippen LogP contribution in [0.5, 0.6) is 0 Å². The van der Waals surface area contributed by atoms with Crippen molar-refractivity contribution in [3.05, 3.63) is 48.4 Å². The smallest absolute Gasteiger partial charge is 0.253 e. The molecule has 1 saturated heterocycles. The van der Waals surface area contributed by atoms with E-state index in [1.54, 1.807) is 12.5 Å². The molecule has 0 unspecified atom stereocenters. The highest BCUT2D eigenvalue weighted by Gasteiger charge is 2.26. The molecule has 0 spiro atoms. The summed E-state index contributed by atoms with van der Waals surface area (Å²) in [5.41, 5.74) is 2.81. The van der Waals surface area contributed by atoms with Crippen molar-refractivity contribution in [1.82, 2.24) is 9.80 Å². The van der Waals surface area contributed by atoms with Crippen molar-refractivity contribution in [2.75, 3.05) is 26.2 Å². The summed E-state index contributed by atoms with van der Waals surface area (Å²) in [5.74, 6) is 0.151. The molecular weight excluding hydrogens is 312 g/mol. The fourth-order valence-corrected chi connectivity index (χ4v) is 4.22. The van der Waals surface area contributed by atoms with E-state index in [4.69, 9.17) is 4.42 Å². The number of carbonyl (C=O) groups is 1. The van der Waals surface area contributed by atoms with Gasteiger partial charge in [0.25, 0.3) is 5.91 Å². The van der Waals surface area contributed by atoms with Crippen LogP contribution in [0.2, 0.25) is 0 Å². The summed E-state index contributed by atoms with van der Waals surface area (Å²) in [7, 11) is 0. The van der Waals surface area contributed by atoms with E-state index < -0.39 is 0 Å². The molecule has 2 aromatic rings. The van der Waals surface area contributed by atoms with E-state index in [0.717, 1.165) is 55.3 Å². The van der Waals surface area contributed by atoms with E-state index >= 15 is 0 Å². The van der Waals surface area contributed by atoms with Gasteiger partial charge in [-0.15, -0.1) is 0 Å². The lowest BCUT2D eigenvalue weighted by Gasteiger charge is -2.27. The normalized spacial score (nSPS) is 19.9. The Morgan fingerprint density at radius 1 is 0.960 bits per heavy atom. The Kier molecular flexibility index (Phi) is 4.88. The number of carbonyl (C=O) groups excluding carboxylic acids is 1. The van der Waals surface area contributed by atoms with Gasteiger partial charge in [-0.25, -0.2) is 0 Å². The zero-order valence-electron chi connectivity index (χ0n) is 14.7. The summed E-state index contributed by atoms with van der Waals surface area (Å²) in [6.07, 6.45) is 9.85. The van der Waals surface area contributed by atoms with E-state index in [1.807, 2.05) is 35.2 Å². The molecule has 4 rings (SSSR count). The Labute approximate surface area is 149 Å².